The molecule has 6 nitrogen and oxygen atoms in total. The van der Waals surface area contributed by atoms with Crippen LogP contribution in [0.4, 0.5) is 0 Å². The zero-order chi connectivity index (χ0) is 23.6. The molecule has 34 heavy (non-hydrogen) atoms. The summed E-state index contributed by atoms with van der Waals surface area (Å²) in [6.45, 7) is 9.14. The molecule has 1 amide bonds. The molecule has 7 heteroatoms. The van der Waals surface area contributed by atoms with Gasteiger partial charge in [0.25, 0.3) is 5.91 Å². The van der Waals surface area contributed by atoms with Crippen LogP contribution in [-0.2, 0) is 13.1 Å². The van der Waals surface area contributed by atoms with Gasteiger partial charge in [0.2, 0.25) is 0 Å². The lowest BCUT2D eigenvalue weighted by Crippen LogP contribution is -2.51. The Bertz CT molecular complexity index is 903. The molecule has 3 rings (SSSR count). The number of halogens is 1. The van der Waals surface area contributed by atoms with Crippen molar-refractivity contribution in [2.75, 3.05) is 13.6 Å². The molecular weight excluding hydrogens is 537 g/mol. The highest BCUT2D eigenvalue weighted by Gasteiger charge is 2.26. The Morgan fingerprint density at radius 2 is 1.82 bits per heavy atom. The number of carbonyl (C=O) groups is 1. The molecule has 0 aromatic heterocycles. The van der Waals surface area contributed by atoms with Crippen molar-refractivity contribution >= 4 is 35.8 Å². The van der Waals surface area contributed by atoms with Gasteiger partial charge in [0, 0.05) is 50.4 Å². The van der Waals surface area contributed by atoms with E-state index < -0.39 is 0 Å². The second-order valence-corrected chi connectivity index (χ2v) is 9.08. The molecule has 3 atom stereocenters. The Labute approximate surface area is 222 Å². The van der Waals surface area contributed by atoms with Crippen molar-refractivity contribution in [3.05, 3.63) is 71.3 Å². The molecule has 1 aliphatic rings. The topological polar surface area (TPSA) is 68.8 Å². The average Bonchev–Trinajstić information content (AvgIpc) is 2.84. The lowest BCUT2D eigenvalue weighted by molar-refractivity contribution is 0.0939. The molecule has 0 aliphatic carbocycles. The van der Waals surface area contributed by atoms with Crippen LogP contribution in [0.25, 0.3) is 0 Å². The first kappa shape index (κ1) is 28.1. The summed E-state index contributed by atoms with van der Waals surface area (Å²) in [6.07, 6.45) is 3.11. The Balaban J connectivity index is 0.00000408. The van der Waals surface area contributed by atoms with E-state index in [1.165, 1.54) is 5.56 Å². The number of guanidine groups is 1. The van der Waals surface area contributed by atoms with Gasteiger partial charge in [0.15, 0.2) is 5.96 Å². The van der Waals surface area contributed by atoms with Crippen LogP contribution in [0.2, 0.25) is 0 Å². The standard InChI is InChI=1S/C27H39N5O.HI/c1-5-20(2)30-26(33)24-13-11-22(12-14-24)18-29-27(28-4)31-25-15-16-32(21(3)17-25)19-23-9-7-6-8-10-23;/h6-14,20-21,25H,5,15-19H2,1-4H3,(H,30,33)(H2,28,29,31);1H. The lowest BCUT2D eigenvalue weighted by atomic mass is 9.97. The summed E-state index contributed by atoms with van der Waals surface area (Å²) in [6, 6.07) is 19.6. The van der Waals surface area contributed by atoms with Gasteiger partial charge >= 0.3 is 0 Å². The van der Waals surface area contributed by atoms with Gasteiger partial charge in [-0.1, -0.05) is 49.4 Å². The summed E-state index contributed by atoms with van der Waals surface area (Å²) in [7, 11) is 1.81. The number of carbonyl (C=O) groups excluding carboxylic acids is 1. The summed E-state index contributed by atoms with van der Waals surface area (Å²) in [4.78, 5) is 19.2. The summed E-state index contributed by atoms with van der Waals surface area (Å²) >= 11 is 0. The Morgan fingerprint density at radius 3 is 2.44 bits per heavy atom. The molecule has 0 bridgehead atoms. The molecule has 0 saturated carbocycles. The number of hydrogen-bond donors (Lipinski definition) is 3. The number of piperidine rings is 1. The van der Waals surface area contributed by atoms with Crippen LogP contribution >= 0.6 is 24.0 Å². The second-order valence-electron chi connectivity index (χ2n) is 9.08. The molecule has 3 unspecified atom stereocenters. The Morgan fingerprint density at radius 1 is 1.12 bits per heavy atom. The molecule has 0 radical (unpaired) electrons. The molecule has 1 aliphatic heterocycles. The molecule has 186 valence electrons. The lowest BCUT2D eigenvalue weighted by Gasteiger charge is -2.38. The third-order valence-electron chi connectivity index (χ3n) is 6.47. The normalized spacial score (nSPS) is 19.6. The summed E-state index contributed by atoms with van der Waals surface area (Å²) < 4.78 is 0. The van der Waals surface area contributed by atoms with Crippen LogP contribution in [0.5, 0.6) is 0 Å². The van der Waals surface area contributed by atoms with Crippen molar-refractivity contribution in [1.82, 2.24) is 20.9 Å². The number of benzene rings is 2. The fraction of sp³-hybridized carbons (Fsp3) is 0.481. The highest BCUT2D eigenvalue weighted by molar-refractivity contribution is 14.0. The minimum absolute atomic E-state index is 0. The van der Waals surface area contributed by atoms with Crippen molar-refractivity contribution in [1.29, 1.82) is 0 Å². The summed E-state index contributed by atoms with van der Waals surface area (Å²) in [5.74, 6) is 0.802. The molecule has 0 spiro atoms. The fourth-order valence-corrected chi connectivity index (χ4v) is 4.16. The maximum Gasteiger partial charge on any atom is 0.251 e. The van der Waals surface area contributed by atoms with E-state index in [2.05, 4.69) is 70.0 Å². The zero-order valence-corrected chi connectivity index (χ0v) is 23.2. The monoisotopic (exact) mass is 577 g/mol. The number of nitrogens with one attached hydrogen (secondary N) is 3. The van der Waals surface area contributed by atoms with Gasteiger partial charge in [0.05, 0.1) is 0 Å². The van der Waals surface area contributed by atoms with Gasteiger partial charge in [-0.25, -0.2) is 0 Å². The molecule has 3 N–H and O–H groups in total. The molecule has 1 saturated heterocycles. The SMILES string of the molecule is CCC(C)NC(=O)c1ccc(CNC(=NC)NC2CCN(Cc3ccccc3)C(C)C2)cc1.I. The fourth-order valence-electron chi connectivity index (χ4n) is 4.16. The van der Waals surface area contributed by atoms with Gasteiger partial charge in [0.1, 0.15) is 0 Å². The maximum atomic E-state index is 12.3. The van der Waals surface area contributed by atoms with Crippen molar-refractivity contribution in [2.45, 2.75) is 71.2 Å². The van der Waals surface area contributed by atoms with E-state index in [9.17, 15) is 4.79 Å². The second kappa shape index (κ2) is 14.3. The van der Waals surface area contributed by atoms with E-state index >= 15 is 0 Å². The molecule has 2 aromatic rings. The van der Waals surface area contributed by atoms with Gasteiger partial charge in [-0.05, 0) is 56.4 Å². The number of nitrogens with zero attached hydrogens (tertiary/aromatic N) is 2. The minimum Gasteiger partial charge on any atom is -0.354 e. The predicted molar refractivity (Wildman–Crippen MR) is 152 cm³/mol. The van der Waals surface area contributed by atoms with Crippen molar-refractivity contribution < 1.29 is 4.79 Å². The van der Waals surface area contributed by atoms with E-state index in [1.807, 2.05) is 38.2 Å². The van der Waals surface area contributed by atoms with Crippen molar-refractivity contribution in [3.63, 3.8) is 0 Å². The molecule has 2 aromatic carbocycles. The predicted octanol–water partition coefficient (Wildman–Crippen LogP) is 4.55. The van der Waals surface area contributed by atoms with Crippen LogP contribution < -0.4 is 16.0 Å². The van der Waals surface area contributed by atoms with Crippen molar-refractivity contribution in [2.24, 2.45) is 4.99 Å². The van der Waals surface area contributed by atoms with E-state index in [0.29, 0.717) is 24.2 Å². The van der Waals surface area contributed by atoms with E-state index in [0.717, 1.165) is 43.9 Å². The first-order valence-electron chi connectivity index (χ1n) is 12.1. The molecule has 1 heterocycles. The van der Waals surface area contributed by atoms with Crippen LogP contribution in [-0.4, -0.2) is 48.5 Å². The third kappa shape index (κ3) is 8.58. The summed E-state index contributed by atoms with van der Waals surface area (Å²) in [5, 5.41) is 10.0. The third-order valence-corrected chi connectivity index (χ3v) is 6.47. The number of amides is 1. The van der Waals surface area contributed by atoms with Crippen LogP contribution in [0.15, 0.2) is 59.6 Å². The van der Waals surface area contributed by atoms with Crippen LogP contribution in [0.3, 0.4) is 0 Å². The summed E-state index contributed by atoms with van der Waals surface area (Å²) in [5.41, 5.74) is 3.18. The number of hydrogen-bond acceptors (Lipinski definition) is 3. The largest absolute Gasteiger partial charge is 0.354 e. The average molecular weight is 578 g/mol. The number of rotatable bonds is 8. The number of likely N-dealkylation sites (tertiary alicyclic amines) is 1. The smallest absolute Gasteiger partial charge is 0.251 e. The highest BCUT2D eigenvalue weighted by Crippen LogP contribution is 2.20. The van der Waals surface area contributed by atoms with E-state index in [-0.39, 0.29) is 35.9 Å². The van der Waals surface area contributed by atoms with Gasteiger partial charge in [-0.2, -0.15) is 0 Å². The van der Waals surface area contributed by atoms with Gasteiger partial charge in [-0.3, -0.25) is 14.7 Å². The van der Waals surface area contributed by atoms with Crippen LogP contribution in [0, 0.1) is 0 Å². The van der Waals surface area contributed by atoms with E-state index in [4.69, 9.17) is 0 Å². The molecule has 1 fully saturated rings. The van der Waals surface area contributed by atoms with E-state index in [1.54, 1.807) is 0 Å². The highest BCUT2D eigenvalue weighted by atomic mass is 127. The first-order chi connectivity index (χ1) is 16.0. The minimum atomic E-state index is -0.0194. The quantitative estimate of drug-likeness (QED) is 0.245. The maximum absolute atomic E-state index is 12.3. The Hall–Kier alpha value is -2.13. The number of aliphatic imine (C=N–C) groups is 1. The van der Waals surface area contributed by atoms with Gasteiger partial charge < -0.3 is 16.0 Å². The first-order valence-corrected chi connectivity index (χ1v) is 12.1. The van der Waals surface area contributed by atoms with Gasteiger partial charge in [-0.15, -0.1) is 24.0 Å². The molecular formula is C27H40IN5O. The Kier molecular flexibility index (Phi) is 11.8. The van der Waals surface area contributed by atoms with Crippen LogP contribution in [0.1, 0.15) is 61.5 Å². The zero-order valence-electron chi connectivity index (χ0n) is 20.9. The van der Waals surface area contributed by atoms with Crippen molar-refractivity contribution in [3.8, 4) is 0 Å².